The number of hydrogen-bond acceptors (Lipinski definition) is 14. The molecule has 0 heterocycles. The molecule has 19 nitrogen and oxygen atoms in total. The summed E-state index contributed by atoms with van der Waals surface area (Å²) in [5.74, 6) is 0.283. The number of unbranched alkanes of at least 4 members (excludes halogenated alkanes) is 1. The second-order valence-electron chi connectivity index (χ2n) is 18.7. The van der Waals surface area contributed by atoms with Gasteiger partial charge in [0.1, 0.15) is 48.0 Å². The molecule has 5 amide bonds. The van der Waals surface area contributed by atoms with Crippen molar-refractivity contribution in [1.82, 2.24) is 25.8 Å². The first-order valence-corrected chi connectivity index (χ1v) is 23.6. The first-order chi connectivity index (χ1) is 33.0. The van der Waals surface area contributed by atoms with Crippen LogP contribution in [0.5, 0.6) is 23.0 Å². The van der Waals surface area contributed by atoms with E-state index in [2.05, 4.69) is 16.0 Å². The van der Waals surface area contributed by atoms with Crippen LogP contribution in [0.15, 0.2) is 66.7 Å². The lowest BCUT2D eigenvalue weighted by Gasteiger charge is -2.32. The molecule has 0 radical (unpaired) electrons. The zero-order valence-corrected chi connectivity index (χ0v) is 42.5. The van der Waals surface area contributed by atoms with Crippen LogP contribution >= 0.6 is 0 Å². The number of benzene rings is 3. The number of amides is 5. The van der Waals surface area contributed by atoms with Crippen molar-refractivity contribution in [2.75, 3.05) is 53.5 Å². The molecule has 3 aromatic rings. The normalized spacial score (nSPS) is 13.1. The van der Waals surface area contributed by atoms with Crippen LogP contribution in [0.4, 0.5) is 9.59 Å². The molecule has 19 heteroatoms. The summed E-state index contributed by atoms with van der Waals surface area (Å²) >= 11 is 0. The number of alkyl carbamates (subject to hydrolysis) is 2. The number of carbonyl (C=O) groups is 5. The van der Waals surface area contributed by atoms with Crippen LogP contribution in [0.2, 0.25) is 0 Å². The highest BCUT2D eigenvalue weighted by Crippen LogP contribution is 2.33. The van der Waals surface area contributed by atoms with Crippen LogP contribution in [-0.2, 0) is 32.3 Å². The fraction of sp³-hybridized carbons (Fsp3) is 0.549. The van der Waals surface area contributed by atoms with E-state index < -0.39 is 65.4 Å². The molecular weight excluding hydrogens is 905 g/mol. The van der Waals surface area contributed by atoms with Crippen molar-refractivity contribution in [3.8, 4) is 23.0 Å². The van der Waals surface area contributed by atoms with E-state index in [0.29, 0.717) is 36.6 Å². The second-order valence-corrected chi connectivity index (χ2v) is 18.7. The van der Waals surface area contributed by atoms with Crippen molar-refractivity contribution in [3.05, 3.63) is 83.4 Å². The summed E-state index contributed by atoms with van der Waals surface area (Å²) in [5, 5.41) is 29.3. The standard InChI is InChI=1S/C51H76N6O13/c1-34(58)42(54-48(63)69-50(3,4)5)46(61)56(28-12-11-26-52)30-15-31-57(47(62)43(35(2)59)55-49(64)70-51(6,7)8)29-14-27-53-45(60)40-16-13-17-41(67-32-36-18-22-38(65-9)23-19-36)44(40)68-33-37-20-24-39(66-10)25-21-37/h13,16-25,34-35,42-43,58-59H,11-12,14-15,26-33,52H2,1-10H3,(H,53,60)(H,54,63)(H,55,64)/t34-,35-,42+,43+/m1/s1. The maximum absolute atomic E-state index is 14.3. The number of nitrogens with zero attached hydrogens (tertiary/aromatic N) is 2. The number of carbonyl (C=O) groups excluding carboxylic acids is 5. The fourth-order valence-electron chi connectivity index (χ4n) is 6.89. The molecule has 0 saturated carbocycles. The lowest BCUT2D eigenvalue weighted by molar-refractivity contribution is -0.137. The molecule has 388 valence electrons. The summed E-state index contributed by atoms with van der Waals surface area (Å²) in [6.07, 6.45) is -2.82. The molecule has 3 aromatic carbocycles. The van der Waals surface area contributed by atoms with E-state index in [0.717, 1.165) is 11.1 Å². The topological polar surface area (TPSA) is 250 Å². The Morgan fingerprint density at radius 2 is 1.06 bits per heavy atom. The van der Waals surface area contributed by atoms with Gasteiger partial charge in [-0.1, -0.05) is 30.3 Å². The first-order valence-electron chi connectivity index (χ1n) is 23.6. The molecule has 0 spiro atoms. The fourth-order valence-corrected chi connectivity index (χ4v) is 6.89. The lowest BCUT2D eigenvalue weighted by atomic mass is 10.1. The van der Waals surface area contributed by atoms with Gasteiger partial charge in [-0.05, 0) is 135 Å². The maximum Gasteiger partial charge on any atom is 0.408 e. The summed E-state index contributed by atoms with van der Waals surface area (Å²) in [4.78, 5) is 70.7. The number of rotatable bonds is 27. The minimum atomic E-state index is -1.41. The SMILES string of the molecule is COc1ccc(COc2cccc(C(=O)NCCCN(CCCN(CCCCN)C(=O)[C@@H](NC(=O)OC(C)(C)C)[C@@H](C)O)C(=O)[C@@H](NC(=O)OC(C)(C)C)[C@@H](C)O)c2OCc2ccc(OC)cc2)cc1. The van der Waals surface area contributed by atoms with E-state index in [9.17, 15) is 34.2 Å². The van der Waals surface area contributed by atoms with Crippen LogP contribution in [0, 0.1) is 0 Å². The summed E-state index contributed by atoms with van der Waals surface area (Å²) in [7, 11) is 3.16. The van der Waals surface area contributed by atoms with Crippen LogP contribution < -0.4 is 40.6 Å². The zero-order valence-electron chi connectivity index (χ0n) is 42.5. The van der Waals surface area contributed by atoms with Gasteiger partial charge in [0.2, 0.25) is 11.8 Å². The van der Waals surface area contributed by atoms with Crippen LogP contribution in [0.25, 0.3) is 0 Å². The van der Waals surface area contributed by atoms with Crippen molar-refractivity contribution in [2.24, 2.45) is 5.73 Å². The molecule has 0 bridgehead atoms. The monoisotopic (exact) mass is 981 g/mol. The molecule has 7 N–H and O–H groups in total. The van der Waals surface area contributed by atoms with Gasteiger partial charge in [-0.3, -0.25) is 14.4 Å². The Labute approximate surface area is 412 Å². The highest BCUT2D eigenvalue weighted by Gasteiger charge is 2.34. The molecule has 0 aromatic heterocycles. The van der Waals surface area contributed by atoms with Crippen molar-refractivity contribution in [1.29, 1.82) is 0 Å². The van der Waals surface area contributed by atoms with Gasteiger partial charge in [-0.15, -0.1) is 0 Å². The Hall–Kier alpha value is -6.31. The summed E-state index contributed by atoms with van der Waals surface area (Å²) in [6.45, 7) is 14.0. The third-order valence-electron chi connectivity index (χ3n) is 10.4. The van der Waals surface area contributed by atoms with E-state index in [1.54, 1.807) is 74.0 Å². The minimum Gasteiger partial charge on any atom is -0.497 e. The molecule has 0 aliphatic rings. The first kappa shape index (κ1) is 58.0. The largest absolute Gasteiger partial charge is 0.497 e. The van der Waals surface area contributed by atoms with Gasteiger partial charge in [0.15, 0.2) is 11.5 Å². The molecule has 70 heavy (non-hydrogen) atoms. The van der Waals surface area contributed by atoms with Gasteiger partial charge < -0.3 is 70.1 Å². The smallest absolute Gasteiger partial charge is 0.408 e. The van der Waals surface area contributed by atoms with Crippen LogP contribution in [-0.4, -0.2) is 139 Å². The molecule has 0 unspecified atom stereocenters. The van der Waals surface area contributed by atoms with E-state index >= 15 is 0 Å². The summed E-state index contributed by atoms with van der Waals surface area (Å²) < 4.78 is 33.8. The number of nitrogens with two attached hydrogens (primary N) is 1. The Bertz CT molecular complexity index is 2100. The number of aliphatic hydroxyl groups excluding tert-OH is 2. The third kappa shape index (κ3) is 20.3. The molecule has 0 aliphatic heterocycles. The van der Waals surface area contributed by atoms with Gasteiger partial charge in [0, 0.05) is 32.7 Å². The van der Waals surface area contributed by atoms with Gasteiger partial charge in [-0.25, -0.2) is 9.59 Å². The van der Waals surface area contributed by atoms with Crippen molar-refractivity contribution in [3.63, 3.8) is 0 Å². The third-order valence-corrected chi connectivity index (χ3v) is 10.4. The summed E-state index contributed by atoms with van der Waals surface area (Å²) in [5.41, 5.74) is 5.91. The van der Waals surface area contributed by atoms with Crippen molar-refractivity contribution in [2.45, 2.75) is 130 Å². The average Bonchev–Trinajstić information content (AvgIpc) is 3.29. The number of hydrogen-bond donors (Lipinski definition) is 6. The van der Waals surface area contributed by atoms with Gasteiger partial charge in [0.25, 0.3) is 5.91 Å². The van der Waals surface area contributed by atoms with Crippen molar-refractivity contribution < 1.29 is 62.6 Å². The van der Waals surface area contributed by atoms with Gasteiger partial charge >= 0.3 is 12.2 Å². The quantitative estimate of drug-likeness (QED) is 0.0530. The van der Waals surface area contributed by atoms with E-state index in [1.165, 1.54) is 23.6 Å². The maximum atomic E-state index is 14.3. The number of aliphatic hydroxyl groups is 2. The Morgan fingerprint density at radius 1 is 0.614 bits per heavy atom. The molecule has 3 rings (SSSR count). The molecule has 0 saturated heterocycles. The van der Waals surface area contributed by atoms with Gasteiger partial charge in [-0.2, -0.15) is 0 Å². The lowest BCUT2D eigenvalue weighted by Crippen LogP contribution is -2.56. The minimum absolute atomic E-state index is 0.0441. The number of nitrogens with one attached hydrogen (secondary N) is 3. The predicted octanol–water partition coefficient (Wildman–Crippen LogP) is 5.32. The van der Waals surface area contributed by atoms with E-state index in [4.69, 9.17) is 34.2 Å². The Balaban J connectivity index is 1.86. The summed E-state index contributed by atoms with van der Waals surface area (Å²) in [6, 6.07) is 17.0. The van der Waals surface area contributed by atoms with Crippen LogP contribution in [0.3, 0.4) is 0 Å². The Kier molecular flexibility index (Phi) is 23.5. The highest BCUT2D eigenvalue weighted by molar-refractivity contribution is 5.97. The molecule has 0 aliphatic carbocycles. The molecule has 4 atom stereocenters. The molecule has 0 fully saturated rings. The zero-order chi connectivity index (χ0) is 52.0. The highest BCUT2D eigenvalue weighted by atomic mass is 16.6. The number of para-hydroxylation sites is 1. The number of ether oxygens (including phenoxy) is 6. The second kappa shape index (κ2) is 28.4. The van der Waals surface area contributed by atoms with Crippen molar-refractivity contribution >= 4 is 29.9 Å². The number of methoxy groups -OCH3 is 2. The predicted molar refractivity (Wildman–Crippen MR) is 264 cm³/mol. The van der Waals surface area contributed by atoms with E-state index in [1.807, 2.05) is 48.5 Å². The molecular formula is C51H76N6O13. The average molecular weight is 981 g/mol. The Morgan fingerprint density at radius 3 is 1.49 bits per heavy atom. The van der Waals surface area contributed by atoms with Crippen LogP contribution in [0.1, 0.15) is 103 Å². The van der Waals surface area contributed by atoms with Gasteiger partial charge in [0.05, 0.1) is 32.0 Å². The van der Waals surface area contributed by atoms with E-state index in [-0.39, 0.29) is 70.1 Å².